The van der Waals surface area contributed by atoms with Gasteiger partial charge < -0.3 is 11.1 Å². The Labute approximate surface area is 202 Å². The summed E-state index contributed by atoms with van der Waals surface area (Å²) in [6.07, 6.45) is -3.08. The first-order chi connectivity index (χ1) is 16.4. The molecule has 1 fully saturated rings. The fourth-order valence-corrected chi connectivity index (χ4v) is 3.84. The van der Waals surface area contributed by atoms with E-state index in [-0.39, 0.29) is 11.6 Å². The molecular formula is C23H21ClF3N5O3. The van der Waals surface area contributed by atoms with E-state index >= 15 is 0 Å². The third-order valence-electron chi connectivity index (χ3n) is 5.83. The van der Waals surface area contributed by atoms with E-state index in [0.717, 1.165) is 35.7 Å². The SMILES string of the molecule is CC(NC(=O)Cn1nc(-c2ccc(Cl)cc2)n(C2CC2)c1=O)(C(N)=O)c1cccc(C(F)(F)F)c1. The summed E-state index contributed by atoms with van der Waals surface area (Å²) in [5.74, 6) is -1.53. The highest BCUT2D eigenvalue weighted by molar-refractivity contribution is 6.30. The number of halogens is 4. The average Bonchev–Trinajstić information content (AvgIpc) is 3.58. The predicted molar refractivity (Wildman–Crippen MR) is 121 cm³/mol. The molecule has 1 atom stereocenters. The molecule has 0 aliphatic heterocycles. The van der Waals surface area contributed by atoms with E-state index < -0.39 is 41.3 Å². The van der Waals surface area contributed by atoms with Gasteiger partial charge >= 0.3 is 11.9 Å². The molecule has 0 saturated heterocycles. The zero-order chi connectivity index (χ0) is 25.5. The lowest BCUT2D eigenvalue weighted by atomic mass is 9.89. The molecule has 1 aliphatic carbocycles. The van der Waals surface area contributed by atoms with Crippen LogP contribution in [-0.2, 0) is 27.8 Å². The molecule has 1 aliphatic rings. The minimum absolute atomic E-state index is 0.0500. The number of rotatable bonds is 7. The summed E-state index contributed by atoms with van der Waals surface area (Å²) in [5.41, 5.74) is 2.47. The Bertz CT molecular complexity index is 1350. The number of alkyl halides is 3. The quantitative estimate of drug-likeness (QED) is 0.511. The number of nitrogens with one attached hydrogen (secondary N) is 1. The number of benzene rings is 2. The van der Waals surface area contributed by atoms with Gasteiger partial charge in [-0.05, 0) is 61.7 Å². The minimum atomic E-state index is -4.65. The molecular weight excluding hydrogens is 487 g/mol. The normalized spacial score (nSPS) is 15.5. The minimum Gasteiger partial charge on any atom is -0.367 e. The molecule has 1 heterocycles. The maximum Gasteiger partial charge on any atom is 0.416 e. The number of primary amides is 1. The van der Waals surface area contributed by atoms with E-state index in [0.29, 0.717) is 16.4 Å². The summed E-state index contributed by atoms with van der Waals surface area (Å²) in [7, 11) is 0. The van der Waals surface area contributed by atoms with Crippen molar-refractivity contribution in [3.63, 3.8) is 0 Å². The highest BCUT2D eigenvalue weighted by atomic mass is 35.5. The van der Waals surface area contributed by atoms with Crippen molar-refractivity contribution in [3.8, 4) is 11.4 Å². The summed E-state index contributed by atoms with van der Waals surface area (Å²) in [6, 6.07) is 10.6. The van der Waals surface area contributed by atoms with Crippen LogP contribution >= 0.6 is 11.6 Å². The van der Waals surface area contributed by atoms with E-state index in [1.165, 1.54) is 17.6 Å². The lowest BCUT2D eigenvalue weighted by Crippen LogP contribution is -2.54. The van der Waals surface area contributed by atoms with Gasteiger partial charge in [0.15, 0.2) is 5.82 Å². The van der Waals surface area contributed by atoms with Crippen LogP contribution < -0.4 is 16.7 Å². The van der Waals surface area contributed by atoms with Crippen molar-refractivity contribution in [2.75, 3.05) is 0 Å². The first-order valence-corrected chi connectivity index (χ1v) is 11.0. The van der Waals surface area contributed by atoms with Crippen LogP contribution in [-0.4, -0.2) is 26.2 Å². The van der Waals surface area contributed by atoms with Gasteiger partial charge in [-0.2, -0.15) is 13.2 Å². The Hall–Kier alpha value is -3.60. The number of nitrogens with two attached hydrogens (primary N) is 1. The molecule has 1 aromatic heterocycles. The van der Waals surface area contributed by atoms with Gasteiger partial charge in [0, 0.05) is 16.6 Å². The van der Waals surface area contributed by atoms with Crippen molar-refractivity contribution >= 4 is 23.4 Å². The highest BCUT2D eigenvalue weighted by Crippen LogP contribution is 2.36. The fraction of sp³-hybridized carbons (Fsp3) is 0.304. The molecule has 12 heteroatoms. The molecule has 3 aromatic rings. The number of hydrogen-bond donors (Lipinski definition) is 2. The number of nitrogens with zero attached hydrogens (tertiary/aromatic N) is 3. The Morgan fingerprint density at radius 2 is 1.77 bits per heavy atom. The van der Waals surface area contributed by atoms with Crippen molar-refractivity contribution in [1.29, 1.82) is 0 Å². The summed E-state index contributed by atoms with van der Waals surface area (Å²) < 4.78 is 41.9. The molecule has 1 unspecified atom stereocenters. The van der Waals surface area contributed by atoms with Gasteiger partial charge in [0.05, 0.1) is 5.56 Å². The van der Waals surface area contributed by atoms with Crippen LogP contribution in [0.3, 0.4) is 0 Å². The summed E-state index contributed by atoms with van der Waals surface area (Å²) >= 11 is 5.94. The topological polar surface area (TPSA) is 112 Å². The van der Waals surface area contributed by atoms with E-state index in [9.17, 15) is 27.6 Å². The smallest absolute Gasteiger partial charge is 0.367 e. The maximum absolute atomic E-state index is 13.2. The molecule has 2 amide bonds. The van der Waals surface area contributed by atoms with Gasteiger partial charge in [-0.3, -0.25) is 14.2 Å². The average molecular weight is 508 g/mol. The molecule has 8 nitrogen and oxygen atoms in total. The number of amides is 2. The Kier molecular flexibility index (Phi) is 6.22. The number of hydrogen-bond acceptors (Lipinski definition) is 4. The predicted octanol–water partition coefficient (Wildman–Crippen LogP) is 3.24. The maximum atomic E-state index is 13.2. The van der Waals surface area contributed by atoms with Crippen LogP contribution in [0.25, 0.3) is 11.4 Å². The second kappa shape index (κ2) is 8.88. The third-order valence-corrected chi connectivity index (χ3v) is 6.08. The lowest BCUT2D eigenvalue weighted by molar-refractivity contribution is -0.138. The lowest BCUT2D eigenvalue weighted by Gasteiger charge is -2.28. The molecule has 0 radical (unpaired) electrons. The standard InChI is InChI=1S/C23H21ClF3N5O3/c1-22(20(28)34,14-3-2-4-15(11-14)23(25,26)27)29-18(33)12-31-21(35)32(17-9-10-17)19(30-31)13-5-7-16(24)8-6-13/h2-8,11,17H,9-10,12H2,1H3,(H2,28,34)(H,29,33). The number of carbonyl (C=O) groups excluding carboxylic acids is 2. The van der Waals surface area contributed by atoms with Crippen LogP contribution in [0.5, 0.6) is 0 Å². The number of aromatic nitrogens is 3. The van der Waals surface area contributed by atoms with Crippen molar-refractivity contribution in [3.05, 3.63) is 75.2 Å². The number of carbonyl (C=O) groups is 2. The van der Waals surface area contributed by atoms with Crippen LogP contribution in [0.15, 0.2) is 53.3 Å². The van der Waals surface area contributed by atoms with Crippen molar-refractivity contribution in [1.82, 2.24) is 19.7 Å². The molecule has 3 N–H and O–H groups in total. The molecule has 2 aromatic carbocycles. The van der Waals surface area contributed by atoms with Gasteiger partial charge in [-0.15, -0.1) is 5.10 Å². The Morgan fingerprint density at radius 1 is 1.14 bits per heavy atom. The summed E-state index contributed by atoms with van der Waals surface area (Å²) in [5, 5.41) is 7.19. The van der Waals surface area contributed by atoms with Gasteiger partial charge in [-0.1, -0.05) is 23.7 Å². The zero-order valence-electron chi connectivity index (χ0n) is 18.5. The van der Waals surface area contributed by atoms with Gasteiger partial charge in [-0.25, -0.2) is 9.48 Å². The van der Waals surface area contributed by atoms with Crippen molar-refractivity contribution in [2.24, 2.45) is 5.73 Å². The second-order valence-electron chi connectivity index (χ2n) is 8.49. The Balaban J connectivity index is 1.63. The fourth-order valence-electron chi connectivity index (χ4n) is 3.72. The monoisotopic (exact) mass is 507 g/mol. The first kappa shape index (κ1) is 24.5. The third kappa shape index (κ3) is 4.95. The zero-order valence-corrected chi connectivity index (χ0v) is 19.2. The van der Waals surface area contributed by atoms with E-state index in [1.807, 2.05) is 0 Å². The van der Waals surface area contributed by atoms with Crippen molar-refractivity contribution < 1.29 is 22.8 Å². The largest absolute Gasteiger partial charge is 0.416 e. The van der Waals surface area contributed by atoms with Crippen LogP contribution in [0.4, 0.5) is 13.2 Å². The van der Waals surface area contributed by atoms with Crippen LogP contribution in [0.2, 0.25) is 5.02 Å². The highest BCUT2D eigenvalue weighted by Gasteiger charge is 2.38. The molecule has 4 rings (SSSR count). The van der Waals surface area contributed by atoms with Gasteiger partial charge in [0.1, 0.15) is 12.1 Å². The van der Waals surface area contributed by atoms with E-state index in [1.54, 1.807) is 24.3 Å². The van der Waals surface area contributed by atoms with E-state index in [2.05, 4.69) is 10.4 Å². The molecule has 0 bridgehead atoms. The molecule has 184 valence electrons. The van der Waals surface area contributed by atoms with Crippen LogP contribution in [0.1, 0.15) is 36.9 Å². The molecule has 35 heavy (non-hydrogen) atoms. The summed E-state index contributed by atoms with van der Waals surface area (Å²) in [4.78, 5) is 38.1. The second-order valence-corrected chi connectivity index (χ2v) is 8.92. The van der Waals surface area contributed by atoms with Crippen LogP contribution in [0, 0.1) is 0 Å². The van der Waals surface area contributed by atoms with E-state index in [4.69, 9.17) is 17.3 Å². The molecule has 1 saturated carbocycles. The first-order valence-electron chi connectivity index (χ1n) is 10.6. The Morgan fingerprint density at radius 3 is 2.34 bits per heavy atom. The van der Waals surface area contributed by atoms with Gasteiger partial charge in [0.25, 0.3) is 0 Å². The summed E-state index contributed by atoms with van der Waals surface area (Å²) in [6.45, 7) is 0.633. The van der Waals surface area contributed by atoms with Crippen molar-refractivity contribution in [2.45, 2.75) is 44.1 Å². The van der Waals surface area contributed by atoms with Gasteiger partial charge in [0.2, 0.25) is 11.8 Å². The molecule has 0 spiro atoms.